The minimum Gasteiger partial charge on any atom is -0.487 e. The van der Waals surface area contributed by atoms with Crippen molar-refractivity contribution >= 4 is 50.0 Å². The Labute approximate surface area is 239 Å². The third-order valence-corrected chi connectivity index (χ3v) is 10.3. The third-order valence-electron chi connectivity index (χ3n) is 7.44. The summed E-state index contributed by atoms with van der Waals surface area (Å²) in [6.45, 7) is 5.80. The molecule has 3 heterocycles. The molecule has 2 N–H and O–H groups in total. The molecule has 0 saturated carbocycles. The number of nitrogens with zero attached hydrogens (tertiary/aromatic N) is 2. The van der Waals surface area contributed by atoms with E-state index in [1.807, 2.05) is 38.1 Å². The van der Waals surface area contributed by atoms with Crippen molar-refractivity contribution in [1.82, 2.24) is 19.9 Å². The quantitative estimate of drug-likeness (QED) is 0.411. The Bertz CT molecular complexity index is 1510. The molecule has 0 radical (unpaired) electrons. The maximum Gasteiger partial charge on any atom is 0.245 e. The van der Waals surface area contributed by atoms with Gasteiger partial charge in [0.25, 0.3) is 0 Å². The molecule has 2 aliphatic heterocycles. The molecule has 0 bridgehead atoms. The van der Waals surface area contributed by atoms with Crippen molar-refractivity contribution in [2.24, 2.45) is 0 Å². The molecule has 2 fully saturated rings. The first-order valence-corrected chi connectivity index (χ1v) is 15.4. The van der Waals surface area contributed by atoms with Crippen LogP contribution in [-0.4, -0.2) is 55.3 Å². The lowest BCUT2D eigenvalue weighted by molar-refractivity contribution is -0.125. The van der Waals surface area contributed by atoms with Crippen LogP contribution < -0.4 is 15.4 Å². The van der Waals surface area contributed by atoms with Crippen LogP contribution in [-0.2, 0) is 21.4 Å². The predicted molar refractivity (Wildman–Crippen MR) is 153 cm³/mol. The van der Waals surface area contributed by atoms with Gasteiger partial charge in [-0.25, -0.2) is 13.4 Å². The zero-order valence-corrected chi connectivity index (χ0v) is 24.3. The van der Waals surface area contributed by atoms with Gasteiger partial charge >= 0.3 is 0 Å². The smallest absolute Gasteiger partial charge is 0.245 e. The number of aromatic nitrogens is 1. The van der Waals surface area contributed by atoms with E-state index in [9.17, 15) is 13.2 Å². The average molecular weight is 592 g/mol. The first kappa shape index (κ1) is 28.1. The molecular weight excluding hydrogens is 559 g/mol. The van der Waals surface area contributed by atoms with Crippen molar-refractivity contribution in [3.63, 3.8) is 0 Å². The maximum absolute atomic E-state index is 13.8. The van der Waals surface area contributed by atoms with Gasteiger partial charge in [0.05, 0.1) is 5.02 Å². The van der Waals surface area contributed by atoms with Crippen molar-refractivity contribution in [3.05, 3.63) is 63.3 Å². The predicted octanol–water partition coefficient (Wildman–Crippen LogP) is 4.76. The van der Waals surface area contributed by atoms with Crippen LogP contribution in [0.15, 0.2) is 41.3 Å². The summed E-state index contributed by atoms with van der Waals surface area (Å²) in [7, 11) is -4.07. The number of benzene rings is 2. The number of nitrogens with one attached hydrogen (secondary N) is 2. The number of halogens is 2. The second-order valence-corrected chi connectivity index (χ2v) is 12.8. The lowest BCUT2D eigenvalue weighted by Gasteiger charge is -2.28. The zero-order valence-electron chi connectivity index (χ0n) is 22.0. The molecule has 2 aliphatic rings. The molecule has 1 atom stereocenters. The largest absolute Gasteiger partial charge is 0.487 e. The fraction of sp³-hybridized carbons (Fsp3) is 0.429. The molecule has 0 unspecified atom stereocenters. The van der Waals surface area contributed by atoms with E-state index in [4.69, 9.17) is 27.9 Å². The van der Waals surface area contributed by atoms with Gasteiger partial charge in [-0.15, -0.1) is 0 Å². The van der Waals surface area contributed by atoms with Gasteiger partial charge in [-0.05, 0) is 82.4 Å². The Morgan fingerprint density at radius 2 is 1.92 bits per heavy atom. The van der Waals surface area contributed by atoms with E-state index in [2.05, 4.69) is 15.6 Å². The molecule has 2 aromatic carbocycles. The number of para-hydroxylation sites is 1. The molecule has 1 aromatic heterocycles. The molecule has 208 valence electrons. The van der Waals surface area contributed by atoms with E-state index in [0.717, 1.165) is 42.6 Å². The van der Waals surface area contributed by atoms with Crippen molar-refractivity contribution in [2.75, 3.05) is 19.6 Å². The molecule has 0 spiro atoms. The fourth-order valence-corrected chi connectivity index (χ4v) is 7.93. The molecular formula is C28H32Cl2N4O4S. The molecule has 3 aromatic rings. The van der Waals surface area contributed by atoms with Gasteiger partial charge in [0.2, 0.25) is 15.9 Å². The van der Waals surface area contributed by atoms with E-state index < -0.39 is 16.1 Å². The summed E-state index contributed by atoms with van der Waals surface area (Å²) < 4.78 is 35.0. The lowest BCUT2D eigenvalue weighted by Crippen LogP contribution is -2.51. The summed E-state index contributed by atoms with van der Waals surface area (Å²) in [6, 6.07) is 9.86. The van der Waals surface area contributed by atoms with Crippen LogP contribution in [0.3, 0.4) is 0 Å². The Kier molecular flexibility index (Phi) is 8.35. The summed E-state index contributed by atoms with van der Waals surface area (Å²) in [5.74, 6) is 0.291. The average Bonchev–Trinajstić information content (AvgIpc) is 3.41. The summed E-state index contributed by atoms with van der Waals surface area (Å²) in [5, 5.41) is 7.56. The van der Waals surface area contributed by atoms with Gasteiger partial charge < -0.3 is 15.4 Å². The van der Waals surface area contributed by atoms with E-state index in [-0.39, 0.29) is 35.0 Å². The van der Waals surface area contributed by atoms with Crippen LogP contribution in [0, 0.1) is 13.8 Å². The second kappa shape index (κ2) is 11.6. The SMILES string of the molecule is Cc1cc(C)c2cccc(OCc3c(Cl)ccc(S(=O)(=O)N4CCC[C@H]4C(=O)NC4CCNCC4)c3Cl)c2n1. The fourth-order valence-electron chi connectivity index (χ4n) is 5.41. The number of pyridine rings is 1. The minimum atomic E-state index is -4.07. The zero-order chi connectivity index (χ0) is 27.7. The first-order valence-electron chi connectivity index (χ1n) is 13.2. The maximum atomic E-state index is 13.8. The number of carbonyl (C=O) groups is 1. The number of sulfonamides is 1. The standard InChI is InChI=1S/C28H32Cl2N4O4S/c1-17-15-18(2)32-27-20(17)5-3-7-24(27)38-16-21-22(29)8-9-25(26(21)30)39(36,37)34-14-4-6-23(34)28(35)33-19-10-12-31-13-11-19/h3,5,7-9,15,19,23,31H,4,6,10-14,16H2,1-2H3,(H,33,35)/t23-/m0/s1. The third kappa shape index (κ3) is 5.74. The van der Waals surface area contributed by atoms with Crippen LogP contribution in [0.1, 0.15) is 42.5 Å². The number of hydrogen-bond donors (Lipinski definition) is 2. The number of ether oxygens (including phenoxy) is 1. The second-order valence-electron chi connectivity index (χ2n) is 10.2. The summed E-state index contributed by atoms with van der Waals surface area (Å²) in [4.78, 5) is 17.7. The Morgan fingerprint density at radius 3 is 2.69 bits per heavy atom. The van der Waals surface area contributed by atoms with Crippen LogP contribution in [0.2, 0.25) is 10.0 Å². The Hall–Kier alpha value is -2.43. The topological polar surface area (TPSA) is 101 Å². The Morgan fingerprint density at radius 1 is 1.15 bits per heavy atom. The monoisotopic (exact) mass is 590 g/mol. The van der Waals surface area contributed by atoms with E-state index >= 15 is 0 Å². The van der Waals surface area contributed by atoms with E-state index in [0.29, 0.717) is 34.7 Å². The highest BCUT2D eigenvalue weighted by Crippen LogP contribution is 2.36. The van der Waals surface area contributed by atoms with Crippen LogP contribution in [0.4, 0.5) is 0 Å². The van der Waals surface area contributed by atoms with Crippen molar-refractivity contribution in [1.29, 1.82) is 0 Å². The van der Waals surface area contributed by atoms with Gasteiger partial charge in [0, 0.05) is 34.3 Å². The lowest BCUT2D eigenvalue weighted by atomic mass is 10.1. The van der Waals surface area contributed by atoms with Crippen molar-refractivity contribution in [3.8, 4) is 5.75 Å². The van der Waals surface area contributed by atoms with Gasteiger partial charge in [-0.2, -0.15) is 4.31 Å². The first-order chi connectivity index (χ1) is 18.7. The molecule has 0 aliphatic carbocycles. The summed E-state index contributed by atoms with van der Waals surface area (Å²) in [5.41, 5.74) is 3.02. The number of amides is 1. The molecule has 8 nitrogen and oxygen atoms in total. The highest BCUT2D eigenvalue weighted by molar-refractivity contribution is 7.89. The van der Waals surface area contributed by atoms with E-state index in [1.54, 1.807) is 0 Å². The van der Waals surface area contributed by atoms with E-state index in [1.165, 1.54) is 16.4 Å². The molecule has 1 amide bonds. The summed E-state index contributed by atoms with van der Waals surface area (Å²) in [6.07, 6.45) is 2.70. The van der Waals surface area contributed by atoms with Gasteiger partial charge in [0.1, 0.15) is 28.8 Å². The minimum absolute atomic E-state index is 0.00697. The number of aryl methyl sites for hydroxylation is 2. The number of fused-ring (bicyclic) bond motifs is 1. The molecule has 39 heavy (non-hydrogen) atoms. The molecule has 2 saturated heterocycles. The number of rotatable bonds is 7. The van der Waals surface area contributed by atoms with Gasteiger partial charge in [-0.3, -0.25) is 4.79 Å². The van der Waals surface area contributed by atoms with Crippen molar-refractivity contribution < 1.29 is 17.9 Å². The Balaban J connectivity index is 1.40. The number of carbonyl (C=O) groups excluding carboxylic acids is 1. The van der Waals surface area contributed by atoms with Crippen molar-refractivity contribution in [2.45, 2.75) is 63.1 Å². The highest BCUT2D eigenvalue weighted by Gasteiger charge is 2.41. The number of piperidine rings is 1. The summed E-state index contributed by atoms with van der Waals surface area (Å²) >= 11 is 13.2. The normalized spacial score (nSPS) is 18.9. The highest BCUT2D eigenvalue weighted by atomic mass is 35.5. The van der Waals surface area contributed by atoms with Crippen LogP contribution in [0.5, 0.6) is 5.75 Å². The van der Waals surface area contributed by atoms with Gasteiger partial charge in [-0.1, -0.05) is 35.3 Å². The molecule has 5 rings (SSSR count). The van der Waals surface area contributed by atoms with Crippen LogP contribution in [0.25, 0.3) is 10.9 Å². The van der Waals surface area contributed by atoms with Crippen LogP contribution >= 0.6 is 23.2 Å². The number of hydrogen-bond acceptors (Lipinski definition) is 6. The molecule has 11 heteroatoms. The van der Waals surface area contributed by atoms with Gasteiger partial charge in [0.15, 0.2) is 0 Å².